The first-order chi connectivity index (χ1) is 11.0. The van der Waals surface area contributed by atoms with E-state index in [4.69, 9.17) is 16.3 Å². The summed E-state index contributed by atoms with van der Waals surface area (Å²) in [5.74, 6) is -0.387. The minimum absolute atomic E-state index is 0.201. The Kier molecular flexibility index (Phi) is 4.26. The highest BCUT2D eigenvalue weighted by Gasteiger charge is 2.10. The molecule has 0 saturated carbocycles. The lowest BCUT2D eigenvalue weighted by molar-refractivity contribution is 0.0473. The maximum absolute atomic E-state index is 12.2. The van der Waals surface area contributed by atoms with E-state index in [2.05, 4.69) is 9.97 Å². The molecule has 0 amide bonds. The Morgan fingerprint density at radius 1 is 1.00 bits per heavy atom. The fourth-order valence-electron chi connectivity index (χ4n) is 2.17. The SMILES string of the molecule is Cc1nc2ccc(C(=O)OCc3ccc(Cl)cc3)cc2nc1C. The molecule has 0 N–H and O–H groups in total. The van der Waals surface area contributed by atoms with Crippen LogP contribution in [0, 0.1) is 13.8 Å². The number of esters is 1. The minimum atomic E-state index is -0.387. The fourth-order valence-corrected chi connectivity index (χ4v) is 2.30. The Bertz CT molecular complexity index is 876. The van der Waals surface area contributed by atoms with Crippen LogP contribution >= 0.6 is 11.6 Å². The van der Waals surface area contributed by atoms with Crippen molar-refractivity contribution in [3.63, 3.8) is 0 Å². The second kappa shape index (κ2) is 6.34. The third kappa shape index (κ3) is 3.48. The number of carbonyl (C=O) groups is 1. The third-order valence-electron chi connectivity index (χ3n) is 3.59. The van der Waals surface area contributed by atoms with Crippen LogP contribution in [0.5, 0.6) is 0 Å². The molecule has 3 rings (SSSR count). The molecule has 23 heavy (non-hydrogen) atoms. The van der Waals surface area contributed by atoms with Gasteiger partial charge in [-0.2, -0.15) is 0 Å². The molecule has 0 aliphatic heterocycles. The van der Waals surface area contributed by atoms with Gasteiger partial charge in [0.2, 0.25) is 0 Å². The smallest absolute Gasteiger partial charge is 0.338 e. The van der Waals surface area contributed by atoms with Gasteiger partial charge in [0.25, 0.3) is 0 Å². The molecule has 2 aromatic carbocycles. The first-order valence-corrected chi connectivity index (χ1v) is 7.57. The van der Waals surface area contributed by atoms with Crippen LogP contribution in [0.15, 0.2) is 42.5 Å². The first kappa shape index (κ1) is 15.4. The summed E-state index contributed by atoms with van der Waals surface area (Å²) in [7, 11) is 0. The Morgan fingerprint density at radius 2 is 1.65 bits per heavy atom. The molecule has 0 spiro atoms. The number of aryl methyl sites for hydroxylation is 2. The topological polar surface area (TPSA) is 52.1 Å². The number of benzene rings is 2. The zero-order chi connectivity index (χ0) is 16.4. The molecule has 1 aromatic heterocycles. The van der Waals surface area contributed by atoms with E-state index < -0.39 is 0 Å². The van der Waals surface area contributed by atoms with E-state index in [1.54, 1.807) is 30.3 Å². The molecule has 116 valence electrons. The number of carbonyl (C=O) groups excluding carboxylic acids is 1. The van der Waals surface area contributed by atoms with Crippen molar-refractivity contribution >= 4 is 28.6 Å². The van der Waals surface area contributed by atoms with Crippen molar-refractivity contribution in [1.29, 1.82) is 0 Å². The molecule has 1 heterocycles. The summed E-state index contributed by atoms with van der Waals surface area (Å²) in [6.45, 7) is 4.01. The average Bonchev–Trinajstić information content (AvgIpc) is 2.54. The molecule has 3 aromatic rings. The van der Waals surface area contributed by atoms with Crippen molar-refractivity contribution < 1.29 is 9.53 Å². The Labute approximate surface area is 139 Å². The Morgan fingerprint density at radius 3 is 2.35 bits per heavy atom. The van der Waals surface area contributed by atoms with E-state index in [0.29, 0.717) is 16.1 Å². The highest BCUT2D eigenvalue weighted by Crippen LogP contribution is 2.16. The highest BCUT2D eigenvalue weighted by molar-refractivity contribution is 6.30. The Hall–Kier alpha value is -2.46. The van der Waals surface area contributed by atoms with Gasteiger partial charge in [-0.1, -0.05) is 23.7 Å². The average molecular weight is 327 g/mol. The lowest BCUT2D eigenvalue weighted by atomic mass is 10.2. The molecule has 0 aliphatic rings. The highest BCUT2D eigenvalue weighted by atomic mass is 35.5. The van der Waals surface area contributed by atoms with Crippen molar-refractivity contribution in [3.05, 3.63) is 70.0 Å². The summed E-state index contributed by atoms with van der Waals surface area (Å²) in [6.07, 6.45) is 0. The number of aromatic nitrogens is 2. The summed E-state index contributed by atoms with van der Waals surface area (Å²) in [5.41, 5.74) is 4.54. The maximum atomic E-state index is 12.2. The van der Waals surface area contributed by atoms with Crippen LogP contribution in [0.25, 0.3) is 11.0 Å². The minimum Gasteiger partial charge on any atom is -0.457 e. The molecule has 0 bridgehead atoms. The van der Waals surface area contributed by atoms with Crippen molar-refractivity contribution in [1.82, 2.24) is 9.97 Å². The Balaban J connectivity index is 1.77. The number of ether oxygens (including phenoxy) is 1. The van der Waals surface area contributed by atoms with E-state index in [-0.39, 0.29) is 12.6 Å². The van der Waals surface area contributed by atoms with Crippen LogP contribution in [0.2, 0.25) is 5.02 Å². The number of nitrogens with zero attached hydrogens (tertiary/aromatic N) is 2. The molecule has 0 atom stereocenters. The predicted molar refractivity (Wildman–Crippen MR) is 89.6 cm³/mol. The van der Waals surface area contributed by atoms with E-state index in [9.17, 15) is 4.79 Å². The van der Waals surface area contributed by atoms with E-state index in [1.807, 2.05) is 26.0 Å². The van der Waals surface area contributed by atoms with Crippen molar-refractivity contribution in [2.24, 2.45) is 0 Å². The van der Waals surface area contributed by atoms with Crippen molar-refractivity contribution in [2.75, 3.05) is 0 Å². The quantitative estimate of drug-likeness (QED) is 0.675. The number of fused-ring (bicyclic) bond motifs is 1. The fraction of sp³-hybridized carbons (Fsp3) is 0.167. The van der Waals surface area contributed by atoms with E-state index in [1.165, 1.54) is 0 Å². The summed E-state index contributed by atoms with van der Waals surface area (Å²) < 4.78 is 5.33. The van der Waals surface area contributed by atoms with Gasteiger partial charge in [-0.25, -0.2) is 14.8 Å². The second-order valence-electron chi connectivity index (χ2n) is 5.30. The first-order valence-electron chi connectivity index (χ1n) is 7.19. The number of hydrogen-bond donors (Lipinski definition) is 0. The summed E-state index contributed by atoms with van der Waals surface area (Å²) in [4.78, 5) is 21.1. The lowest BCUT2D eigenvalue weighted by Crippen LogP contribution is -2.05. The molecule has 0 radical (unpaired) electrons. The van der Waals surface area contributed by atoms with Crippen LogP contribution in [-0.2, 0) is 11.3 Å². The standard InChI is InChI=1S/C18H15ClN2O2/c1-11-12(2)21-17-9-14(5-8-16(17)20-11)18(22)23-10-13-3-6-15(19)7-4-13/h3-9H,10H2,1-2H3. The van der Waals surface area contributed by atoms with Crippen molar-refractivity contribution in [3.8, 4) is 0 Å². The summed E-state index contributed by atoms with van der Waals surface area (Å²) >= 11 is 5.83. The van der Waals surface area contributed by atoms with Gasteiger partial charge in [0.15, 0.2) is 0 Å². The largest absolute Gasteiger partial charge is 0.457 e. The van der Waals surface area contributed by atoms with E-state index in [0.717, 1.165) is 22.5 Å². The molecule has 0 aliphatic carbocycles. The maximum Gasteiger partial charge on any atom is 0.338 e. The zero-order valence-corrected chi connectivity index (χ0v) is 13.6. The van der Waals surface area contributed by atoms with Crippen LogP contribution in [0.4, 0.5) is 0 Å². The molecule has 0 fully saturated rings. The number of halogens is 1. The summed E-state index contributed by atoms with van der Waals surface area (Å²) in [5, 5.41) is 0.652. The van der Waals surface area contributed by atoms with Gasteiger partial charge < -0.3 is 4.74 Å². The third-order valence-corrected chi connectivity index (χ3v) is 3.85. The van der Waals surface area contributed by atoms with E-state index >= 15 is 0 Å². The molecular weight excluding hydrogens is 312 g/mol. The zero-order valence-electron chi connectivity index (χ0n) is 12.8. The molecule has 4 nitrogen and oxygen atoms in total. The second-order valence-corrected chi connectivity index (χ2v) is 5.74. The normalized spacial score (nSPS) is 10.7. The lowest BCUT2D eigenvalue weighted by Gasteiger charge is -2.07. The molecule has 5 heteroatoms. The molecular formula is C18H15ClN2O2. The number of rotatable bonds is 3. The van der Waals surface area contributed by atoms with Gasteiger partial charge in [0, 0.05) is 5.02 Å². The van der Waals surface area contributed by atoms with Gasteiger partial charge in [0.1, 0.15) is 6.61 Å². The van der Waals surface area contributed by atoms with Gasteiger partial charge >= 0.3 is 5.97 Å². The van der Waals surface area contributed by atoms with Gasteiger partial charge in [-0.3, -0.25) is 0 Å². The van der Waals surface area contributed by atoms with Crippen LogP contribution < -0.4 is 0 Å². The molecule has 0 unspecified atom stereocenters. The van der Waals surface area contributed by atoms with Crippen LogP contribution in [0.3, 0.4) is 0 Å². The van der Waals surface area contributed by atoms with Crippen LogP contribution in [0.1, 0.15) is 27.3 Å². The van der Waals surface area contributed by atoms with Crippen LogP contribution in [-0.4, -0.2) is 15.9 Å². The van der Waals surface area contributed by atoms with Crippen molar-refractivity contribution in [2.45, 2.75) is 20.5 Å². The predicted octanol–water partition coefficient (Wildman–Crippen LogP) is 4.26. The molecule has 0 saturated heterocycles. The number of hydrogen-bond acceptors (Lipinski definition) is 4. The summed E-state index contributed by atoms with van der Waals surface area (Å²) in [6, 6.07) is 12.4. The van der Waals surface area contributed by atoms with Gasteiger partial charge in [-0.15, -0.1) is 0 Å². The van der Waals surface area contributed by atoms with Gasteiger partial charge in [-0.05, 0) is 49.7 Å². The monoisotopic (exact) mass is 326 g/mol. The van der Waals surface area contributed by atoms with Gasteiger partial charge in [0.05, 0.1) is 28.0 Å².